The quantitative estimate of drug-likeness (QED) is 0.393. The fourth-order valence-electron chi connectivity index (χ4n) is 2.76. The van der Waals surface area contributed by atoms with E-state index < -0.39 is 11.9 Å². The maximum absolute atomic E-state index is 13.0. The Morgan fingerprint density at radius 1 is 0.931 bits per heavy atom. The molecule has 0 aliphatic carbocycles. The van der Waals surface area contributed by atoms with Crippen LogP contribution in [0.4, 0.5) is 0 Å². The van der Waals surface area contributed by atoms with Gasteiger partial charge in [0.25, 0.3) is 5.91 Å². The summed E-state index contributed by atoms with van der Waals surface area (Å²) in [5, 5.41) is 4.59. The first-order valence-electron chi connectivity index (χ1n) is 8.80. The van der Waals surface area contributed by atoms with E-state index in [1.54, 1.807) is 36.4 Å². The molecular weight excluding hydrogens is 429 g/mol. The van der Waals surface area contributed by atoms with Crippen molar-refractivity contribution in [2.24, 2.45) is 10.7 Å². The summed E-state index contributed by atoms with van der Waals surface area (Å²) < 4.78 is 0. The molecule has 3 rings (SSSR count). The Balaban J connectivity index is 1.89. The summed E-state index contributed by atoms with van der Waals surface area (Å²) in [7, 11) is 0. The Morgan fingerprint density at radius 3 is 2.38 bits per heavy atom. The summed E-state index contributed by atoms with van der Waals surface area (Å²) in [6.45, 7) is 0.401. The molecule has 0 bridgehead atoms. The number of nitrogens with one attached hydrogen (secondary N) is 1. The Morgan fingerprint density at radius 2 is 1.69 bits per heavy atom. The molecule has 29 heavy (non-hydrogen) atoms. The molecule has 7 heteroatoms. The number of carbonyl (C=O) groups is 1. The van der Waals surface area contributed by atoms with Gasteiger partial charge in [-0.3, -0.25) is 10.1 Å². The average Bonchev–Trinajstić information content (AvgIpc) is 2.71. The second kappa shape index (κ2) is 9.90. The molecule has 1 amide bonds. The van der Waals surface area contributed by atoms with Gasteiger partial charge in [-0.1, -0.05) is 83.3 Å². The van der Waals surface area contributed by atoms with Crippen LogP contribution in [0.15, 0.2) is 77.8 Å². The molecule has 1 unspecified atom stereocenters. The summed E-state index contributed by atoms with van der Waals surface area (Å²) in [5.41, 5.74) is 8.26. The Labute approximate surface area is 184 Å². The third-order valence-electron chi connectivity index (χ3n) is 4.22. The Bertz CT molecular complexity index is 1040. The fraction of sp³-hybridized carbons (Fsp3) is 0.0909. The smallest absolute Gasteiger partial charge is 0.269 e. The number of benzene rings is 3. The van der Waals surface area contributed by atoms with Crippen molar-refractivity contribution in [3.63, 3.8) is 0 Å². The Kier molecular flexibility index (Phi) is 7.29. The molecule has 4 nitrogen and oxygen atoms in total. The van der Waals surface area contributed by atoms with Crippen molar-refractivity contribution in [3.8, 4) is 0 Å². The molecule has 0 aromatic heterocycles. The minimum atomic E-state index is -0.758. The van der Waals surface area contributed by atoms with Crippen LogP contribution in [0.5, 0.6) is 0 Å². The molecule has 0 spiro atoms. The number of amidine groups is 1. The first-order valence-corrected chi connectivity index (χ1v) is 9.93. The standard InChI is InChI=1S/C22H18Cl3N3O/c23-17-8-4-5-14(11-17)13-27-20(16-9-10-18(24)19(25)12-16)22(29)28-21(26)15-6-2-1-3-7-15/h1-12,20,27H,13H2,(H2,26,28,29). The van der Waals surface area contributed by atoms with Gasteiger partial charge in [-0.05, 0) is 35.4 Å². The van der Waals surface area contributed by atoms with Crippen molar-refractivity contribution < 1.29 is 4.79 Å². The first-order chi connectivity index (χ1) is 13.9. The third-order valence-corrected chi connectivity index (χ3v) is 5.20. The molecule has 0 aliphatic heterocycles. The van der Waals surface area contributed by atoms with Crippen LogP contribution in [0.3, 0.4) is 0 Å². The lowest BCUT2D eigenvalue weighted by molar-refractivity contribution is -0.119. The van der Waals surface area contributed by atoms with Crippen molar-refractivity contribution in [2.45, 2.75) is 12.6 Å². The van der Waals surface area contributed by atoms with Crippen LogP contribution in [-0.2, 0) is 11.3 Å². The largest absolute Gasteiger partial charge is 0.383 e. The molecule has 0 fully saturated rings. The normalized spacial score (nSPS) is 12.6. The third kappa shape index (κ3) is 5.81. The highest BCUT2D eigenvalue weighted by Gasteiger charge is 2.21. The van der Waals surface area contributed by atoms with E-state index in [1.165, 1.54) is 0 Å². The highest BCUT2D eigenvalue weighted by atomic mass is 35.5. The molecular formula is C22H18Cl3N3O. The molecule has 1 atom stereocenters. The molecule has 3 aromatic rings. The predicted molar refractivity (Wildman–Crippen MR) is 120 cm³/mol. The van der Waals surface area contributed by atoms with Crippen molar-refractivity contribution in [1.82, 2.24) is 5.32 Å². The number of halogens is 3. The SMILES string of the molecule is NC(=NC(=O)C(NCc1cccc(Cl)c1)c1ccc(Cl)c(Cl)c1)c1ccccc1. The van der Waals surface area contributed by atoms with Gasteiger partial charge < -0.3 is 5.73 Å². The van der Waals surface area contributed by atoms with Crippen molar-refractivity contribution >= 4 is 46.5 Å². The number of amides is 1. The molecule has 0 heterocycles. The molecule has 0 aliphatic rings. The molecule has 0 saturated carbocycles. The van der Waals surface area contributed by atoms with Crippen molar-refractivity contribution in [2.75, 3.05) is 0 Å². The first kappa shape index (κ1) is 21.3. The second-order valence-corrected chi connectivity index (χ2v) is 7.57. The highest BCUT2D eigenvalue weighted by Crippen LogP contribution is 2.27. The number of hydrogen-bond donors (Lipinski definition) is 2. The Hall–Kier alpha value is -2.37. The van der Waals surface area contributed by atoms with Gasteiger partial charge in [0.05, 0.1) is 10.0 Å². The maximum atomic E-state index is 13.0. The minimum absolute atomic E-state index is 0.144. The maximum Gasteiger partial charge on any atom is 0.269 e. The summed E-state index contributed by atoms with van der Waals surface area (Å²) in [6, 6.07) is 20.7. The summed E-state index contributed by atoms with van der Waals surface area (Å²) in [6.07, 6.45) is 0. The van der Waals surface area contributed by atoms with Gasteiger partial charge in [0, 0.05) is 17.1 Å². The number of hydrogen-bond acceptors (Lipinski definition) is 2. The second-order valence-electron chi connectivity index (χ2n) is 6.32. The van der Waals surface area contributed by atoms with Gasteiger partial charge in [-0.15, -0.1) is 0 Å². The van der Waals surface area contributed by atoms with Crippen LogP contribution in [0.1, 0.15) is 22.7 Å². The van der Waals surface area contributed by atoms with Gasteiger partial charge >= 0.3 is 0 Å². The van der Waals surface area contributed by atoms with Gasteiger partial charge in [-0.25, -0.2) is 0 Å². The van der Waals surface area contributed by atoms with Crippen LogP contribution in [0, 0.1) is 0 Å². The lowest BCUT2D eigenvalue weighted by atomic mass is 10.1. The van der Waals surface area contributed by atoms with Gasteiger partial charge in [0.15, 0.2) is 0 Å². The minimum Gasteiger partial charge on any atom is -0.383 e. The van der Waals surface area contributed by atoms with E-state index >= 15 is 0 Å². The predicted octanol–water partition coefficient (Wildman–Crippen LogP) is 5.41. The van der Waals surface area contributed by atoms with Crippen LogP contribution < -0.4 is 11.1 Å². The zero-order valence-electron chi connectivity index (χ0n) is 15.3. The van der Waals surface area contributed by atoms with Crippen LogP contribution in [0.25, 0.3) is 0 Å². The number of nitrogens with zero attached hydrogens (tertiary/aromatic N) is 1. The molecule has 3 aromatic carbocycles. The fourth-order valence-corrected chi connectivity index (χ4v) is 3.28. The zero-order chi connectivity index (χ0) is 20.8. The number of aliphatic imine (C=N–C) groups is 1. The van der Waals surface area contributed by atoms with Crippen molar-refractivity contribution in [3.05, 3.63) is 105 Å². The van der Waals surface area contributed by atoms with Crippen LogP contribution in [-0.4, -0.2) is 11.7 Å². The van der Waals surface area contributed by atoms with E-state index in [0.29, 0.717) is 32.7 Å². The van der Waals surface area contributed by atoms with Gasteiger partial charge in [-0.2, -0.15) is 4.99 Å². The van der Waals surface area contributed by atoms with Gasteiger partial charge in [0.1, 0.15) is 11.9 Å². The molecule has 0 saturated heterocycles. The summed E-state index contributed by atoms with van der Waals surface area (Å²) >= 11 is 18.2. The molecule has 0 radical (unpaired) electrons. The topological polar surface area (TPSA) is 67.5 Å². The monoisotopic (exact) mass is 445 g/mol. The summed E-state index contributed by atoms with van der Waals surface area (Å²) in [5.74, 6) is -0.294. The molecule has 148 valence electrons. The van der Waals surface area contributed by atoms with Gasteiger partial charge in [0.2, 0.25) is 0 Å². The van der Waals surface area contributed by atoms with E-state index in [1.807, 2.05) is 36.4 Å². The lowest BCUT2D eigenvalue weighted by Crippen LogP contribution is -2.29. The van der Waals surface area contributed by atoms with E-state index in [0.717, 1.165) is 5.56 Å². The van der Waals surface area contributed by atoms with Crippen LogP contribution >= 0.6 is 34.8 Å². The number of carbonyl (C=O) groups excluding carboxylic acids is 1. The van der Waals surface area contributed by atoms with E-state index in [9.17, 15) is 4.79 Å². The van der Waals surface area contributed by atoms with Crippen molar-refractivity contribution in [1.29, 1.82) is 0 Å². The lowest BCUT2D eigenvalue weighted by Gasteiger charge is -2.17. The zero-order valence-corrected chi connectivity index (χ0v) is 17.5. The average molecular weight is 447 g/mol. The summed E-state index contributed by atoms with van der Waals surface area (Å²) in [4.78, 5) is 17.1. The number of nitrogens with two attached hydrogens (primary N) is 1. The molecule has 3 N–H and O–H groups in total. The van der Waals surface area contributed by atoms with Crippen LogP contribution in [0.2, 0.25) is 15.1 Å². The number of rotatable bonds is 6. The highest BCUT2D eigenvalue weighted by molar-refractivity contribution is 6.42. The van der Waals surface area contributed by atoms with E-state index in [2.05, 4.69) is 10.3 Å². The van der Waals surface area contributed by atoms with E-state index in [-0.39, 0.29) is 5.84 Å². The van der Waals surface area contributed by atoms with E-state index in [4.69, 9.17) is 40.5 Å².